The number of ether oxygens (including phenoxy) is 1. The maximum Gasteiger partial charge on any atom is 0.0787 e. The lowest BCUT2D eigenvalue weighted by molar-refractivity contribution is 0.317. The van der Waals surface area contributed by atoms with E-state index in [-0.39, 0.29) is 0 Å². The molecule has 1 aliphatic rings. The van der Waals surface area contributed by atoms with Crippen LogP contribution in [0.4, 0.5) is 0 Å². The molecule has 0 amide bonds. The van der Waals surface area contributed by atoms with Gasteiger partial charge in [0.05, 0.1) is 13.4 Å². The van der Waals surface area contributed by atoms with Gasteiger partial charge >= 0.3 is 0 Å². The van der Waals surface area contributed by atoms with Crippen LogP contribution < -0.4 is 0 Å². The lowest BCUT2D eigenvalue weighted by Crippen LogP contribution is -2.11. The van der Waals surface area contributed by atoms with Gasteiger partial charge in [-0.15, -0.1) is 0 Å². The van der Waals surface area contributed by atoms with Crippen molar-refractivity contribution in [1.29, 1.82) is 0 Å². The van der Waals surface area contributed by atoms with Gasteiger partial charge in [-0.2, -0.15) is 0 Å². The number of rotatable bonds is 5. The topological polar surface area (TPSA) is 9.23 Å². The van der Waals surface area contributed by atoms with E-state index in [2.05, 4.69) is 25.2 Å². The Morgan fingerprint density at radius 1 is 1.07 bits per heavy atom. The zero-order valence-electron chi connectivity index (χ0n) is 10.1. The molecule has 1 aliphatic carbocycles. The summed E-state index contributed by atoms with van der Waals surface area (Å²) in [5.74, 6) is 1.59. The zero-order valence-corrected chi connectivity index (χ0v) is 10.1. The van der Waals surface area contributed by atoms with Crippen LogP contribution in [0.1, 0.15) is 45.4 Å². The SMILES string of the molecule is CCC/C=C/[C@H]1CC[C@H](/C=C/OC)CC1. The largest absolute Gasteiger partial charge is 0.505 e. The van der Waals surface area contributed by atoms with Crippen molar-refractivity contribution in [2.75, 3.05) is 7.11 Å². The smallest absolute Gasteiger partial charge is 0.0787 e. The van der Waals surface area contributed by atoms with E-state index in [4.69, 9.17) is 4.74 Å². The molecule has 0 saturated heterocycles. The number of hydrogen-bond donors (Lipinski definition) is 0. The van der Waals surface area contributed by atoms with Crippen LogP contribution in [0.5, 0.6) is 0 Å². The summed E-state index contributed by atoms with van der Waals surface area (Å²) in [4.78, 5) is 0. The van der Waals surface area contributed by atoms with Gasteiger partial charge in [-0.1, -0.05) is 25.5 Å². The molecule has 15 heavy (non-hydrogen) atoms. The van der Waals surface area contributed by atoms with Gasteiger partial charge in [0.2, 0.25) is 0 Å². The highest BCUT2D eigenvalue weighted by Crippen LogP contribution is 2.30. The zero-order chi connectivity index (χ0) is 10.9. The van der Waals surface area contributed by atoms with Crippen molar-refractivity contribution in [2.45, 2.75) is 45.4 Å². The van der Waals surface area contributed by atoms with Crippen LogP contribution in [0.3, 0.4) is 0 Å². The highest BCUT2D eigenvalue weighted by Gasteiger charge is 2.17. The Morgan fingerprint density at radius 3 is 2.20 bits per heavy atom. The molecule has 1 saturated carbocycles. The molecule has 0 unspecified atom stereocenters. The minimum Gasteiger partial charge on any atom is -0.505 e. The van der Waals surface area contributed by atoms with Gasteiger partial charge in [0.15, 0.2) is 0 Å². The summed E-state index contributed by atoms with van der Waals surface area (Å²) in [6.07, 6.45) is 16.7. The molecule has 0 heterocycles. The van der Waals surface area contributed by atoms with Crippen LogP contribution >= 0.6 is 0 Å². The average molecular weight is 208 g/mol. The van der Waals surface area contributed by atoms with E-state index in [0.29, 0.717) is 0 Å². The maximum atomic E-state index is 4.96. The van der Waals surface area contributed by atoms with Gasteiger partial charge in [0.1, 0.15) is 0 Å². The molecule has 0 aromatic rings. The van der Waals surface area contributed by atoms with Gasteiger partial charge in [-0.25, -0.2) is 0 Å². The Kier molecular flexibility index (Phi) is 6.22. The second-order valence-electron chi connectivity index (χ2n) is 4.46. The molecule has 0 bridgehead atoms. The summed E-state index contributed by atoms with van der Waals surface area (Å²) >= 11 is 0. The van der Waals surface area contributed by atoms with E-state index in [9.17, 15) is 0 Å². The van der Waals surface area contributed by atoms with E-state index in [1.165, 1.54) is 38.5 Å². The van der Waals surface area contributed by atoms with Gasteiger partial charge in [-0.05, 0) is 50.0 Å². The van der Waals surface area contributed by atoms with E-state index >= 15 is 0 Å². The molecule has 1 nitrogen and oxygen atoms in total. The van der Waals surface area contributed by atoms with Crippen LogP contribution in [-0.2, 0) is 4.74 Å². The van der Waals surface area contributed by atoms with Crippen molar-refractivity contribution in [1.82, 2.24) is 0 Å². The maximum absolute atomic E-state index is 4.96. The van der Waals surface area contributed by atoms with Crippen LogP contribution in [0.15, 0.2) is 24.5 Å². The van der Waals surface area contributed by atoms with Crippen molar-refractivity contribution in [2.24, 2.45) is 11.8 Å². The van der Waals surface area contributed by atoms with Crippen molar-refractivity contribution in [3.05, 3.63) is 24.5 Å². The summed E-state index contributed by atoms with van der Waals surface area (Å²) in [6.45, 7) is 2.23. The highest BCUT2D eigenvalue weighted by molar-refractivity contribution is 4.94. The number of allylic oxidation sites excluding steroid dienone is 3. The molecule has 0 aromatic heterocycles. The molecule has 0 N–H and O–H groups in total. The van der Waals surface area contributed by atoms with Crippen LogP contribution in [0.2, 0.25) is 0 Å². The molecule has 0 aromatic carbocycles. The Morgan fingerprint density at radius 2 is 1.67 bits per heavy atom. The Labute approximate surface area is 94.2 Å². The number of unbranched alkanes of at least 4 members (excludes halogenated alkanes) is 1. The fraction of sp³-hybridized carbons (Fsp3) is 0.714. The molecule has 0 radical (unpaired) electrons. The van der Waals surface area contributed by atoms with Crippen LogP contribution in [0.25, 0.3) is 0 Å². The standard InChI is InChI=1S/C14H24O/c1-3-4-5-6-13-7-9-14(10-8-13)11-12-15-2/h5-6,11-14H,3-4,7-10H2,1-2H3/b6-5+,12-11+/t13-,14-. The molecule has 1 rings (SSSR count). The predicted octanol–water partition coefficient (Wildman–Crippen LogP) is 4.31. The lowest BCUT2D eigenvalue weighted by Gasteiger charge is -2.24. The first-order valence-corrected chi connectivity index (χ1v) is 6.23. The normalized spacial score (nSPS) is 27.6. The summed E-state index contributed by atoms with van der Waals surface area (Å²) in [5, 5.41) is 0. The van der Waals surface area contributed by atoms with Crippen molar-refractivity contribution >= 4 is 0 Å². The van der Waals surface area contributed by atoms with Gasteiger partial charge in [0, 0.05) is 0 Å². The van der Waals surface area contributed by atoms with Crippen molar-refractivity contribution in [3.8, 4) is 0 Å². The van der Waals surface area contributed by atoms with Crippen LogP contribution in [0, 0.1) is 11.8 Å². The average Bonchev–Trinajstić information content (AvgIpc) is 2.28. The summed E-state index contributed by atoms with van der Waals surface area (Å²) in [6, 6.07) is 0. The minimum absolute atomic E-state index is 0.751. The second-order valence-corrected chi connectivity index (χ2v) is 4.46. The molecular weight excluding hydrogens is 184 g/mol. The first kappa shape index (κ1) is 12.4. The number of methoxy groups -OCH3 is 1. The fourth-order valence-electron chi connectivity index (χ4n) is 2.17. The fourth-order valence-corrected chi connectivity index (χ4v) is 2.17. The second kappa shape index (κ2) is 7.56. The molecule has 86 valence electrons. The predicted molar refractivity (Wildman–Crippen MR) is 65.6 cm³/mol. The van der Waals surface area contributed by atoms with E-state index < -0.39 is 0 Å². The quantitative estimate of drug-likeness (QED) is 0.483. The summed E-state index contributed by atoms with van der Waals surface area (Å²) < 4.78 is 4.96. The van der Waals surface area contributed by atoms with E-state index in [0.717, 1.165) is 11.8 Å². The van der Waals surface area contributed by atoms with Crippen LogP contribution in [-0.4, -0.2) is 7.11 Å². The molecule has 1 fully saturated rings. The van der Waals surface area contributed by atoms with Crippen molar-refractivity contribution < 1.29 is 4.74 Å². The minimum atomic E-state index is 0.751. The molecule has 0 aliphatic heterocycles. The Balaban J connectivity index is 2.20. The molecular formula is C14H24O. The Hall–Kier alpha value is -0.720. The molecule has 0 atom stereocenters. The third kappa shape index (κ3) is 5.06. The molecule has 1 heteroatoms. The third-order valence-corrected chi connectivity index (χ3v) is 3.17. The van der Waals surface area contributed by atoms with Gasteiger partial charge in [0.25, 0.3) is 0 Å². The van der Waals surface area contributed by atoms with Gasteiger partial charge in [-0.3, -0.25) is 0 Å². The number of hydrogen-bond acceptors (Lipinski definition) is 1. The summed E-state index contributed by atoms with van der Waals surface area (Å²) in [5.41, 5.74) is 0. The first-order chi connectivity index (χ1) is 7.36. The molecule has 0 spiro atoms. The van der Waals surface area contributed by atoms with Gasteiger partial charge < -0.3 is 4.74 Å². The summed E-state index contributed by atoms with van der Waals surface area (Å²) in [7, 11) is 1.72. The lowest BCUT2D eigenvalue weighted by atomic mass is 9.82. The highest BCUT2D eigenvalue weighted by atomic mass is 16.5. The van der Waals surface area contributed by atoms with E-state index in [1.807, 2.05) is 6.26 Å². The first-order valence-electron chi connectivity index (χ1n) is 6.23. The monoisotopic (exact) mass is 208 g/mol. The third-order valence-electron chi connectivity index (χ3n) is 3.17. The Bertz CT molecular complexity index is 197. The van der Waals surface area contributed by atoms with Crippen molar-refractivity contribution in [3.63, 3.8) is 0 Å². The van der Waals surface area contributed by atoms with E-state index in [1.54, 1.807) is 7.11 Å².